The van der Waals surface area contributed by atoms with E-state index in [9.17, 15) is 15.3 Å². The molecule has 6 atom stereocenters. The van der Waals surface area contributed by atoms with Gasteiger partial charge in [0.2, 0.25) is 0 Å². The first-order valence-corrected chi connectivity index (χ1v) is 6.97. The number of hydrogen-bond donors (Lipinski definition) is 4. The second kappa shape index (κ2) is 6.27. The summed E-state index contributed by atoms with van der Waals surface area (Å²) in [4.78, 5) is 0. The quantitative estimate of drug-likeness (QED) is 0.603. The lowest BCUT2D eigenvalue weighted by Crippen LogP contribution is -2.59. The fourth-order valence-electron chi connectivity index (χ4n) is 1.97. The van der Waals surface area contributed by atoms with Crippen LogP contribution in [0.4, 0.5) is 0 Å². The van der Waals surface area contributed by atoms with Crippen molar-refractivity contribution in [2.24, 2.45) is 0 Å². The summed E-state index contributed by atoms with van der Waals surface area (Å²) in [6.07, 6.45) is -6.50. The summed E-state index contributed by atoms with van der Waals surface area (Å²) in [7, 11) is 0. The van der Waals surface area contributed by atoms with E-state index in [4.69, 9.17) is 14.6 Å². The van der Waals surface area contributed by atoms with Crippen LogP contribution in [-0.4, -0.2) is 57.7 Å². The van der Waals surface area contributed by atoms with E-state index >= 15 is 0 Å². The first-order chi connectivity index (χ1) is 9.04. The average molecular weight is 290 g/mol. The fourth-order valence-corrected chi connectivity index (χ4v) is 2.71. The van der Waals surface area contributed by atoms with Crippen LogP contribution in [-0.2, 0) is 9.47 Å². The van der Waals surface area contributed by atoms with Crippen LogP contribution in [0.2, 0.25) is 0 Å². The maximum absolute atomic E-state index is 9.83. The number of thiophene rings is 1. The van der Waals surface area contributed by atoms with Gasteiger partial charge in [-0.1, -0.05) is 0 Å². The van der Waals surface area contributed by atoms with Gasteiger partial charge in [-0.15, -0.1) is 0 Å². The minimum absolute atomic E-state index is 0.326. The monoisotopic (exact) mass is 290 g/mol. The molecule has 0 radical (unpaired) electrons. The van der Waals surface area contributed by atoms with E-state index in [0.29, 0.717) is 0 Å². The summed E-state index contributed by atoms with van der Waals surface area (Å²) >= 11 is 1.52. The zero-order valence-corrected chi connectivity index (χ0v) is 11.2. The maximum Gasteiger partial charge on any atom is 0.187 e. The van der Waals surface area contributed by atoms with Crippen molar-refractivity contribution >= 4 is 11.3 Å². The fraction of sp³-hybridized carbons (Fsp3) is 0.667. The molecule has 2 heterocycles. The van der Waals surface area contributed by atoms with Gasteiger partial charge in [0.15, 0.2) is 6.29 Å². The Hall–Kier alpha value is -0.540. The summed E-state index contributed by atoms with van der Waals surface area (Å²) in [6.45, 7) is 1.33. The Morgan fingerprint density at radius 3 is 2.63 bits per heavy atom. The van der Waals surface area contributed by atoms with Gasteiger partial charge in [0.1, 0.15) is 24.4 Å². The van der Waals surface area contributed by atoms with E-state index in [1.54, 1.807) is 6.92 Å². The molecule has 1 unspecified atom stereocenters. The van der Waals surface area contributed by atoms with Crippen molar-refractivity contribution in [3.63, 3.8) is 0 Å². The molecule has 1 fully saturated rings. The molecular weight excluding hydrogens is 272 g/mol. The predicted molar refractivity (Wildman–Crippen MR) is 67.6 cm³/mol. The van der Waals surface area contributed by atoms with Crippen molar-refractivity contribution in [1.29, 1.82) is 0 Å². The number of ether oxygens (including phenoxy) is 2. The van der Waals surface area contributed by atoms with Gasteiger partial charge in [-0.3, -0.25) is 0 Å². The van der Waals surface area contributed by atoms with Gasteiger partial charge >= 0.3 is 0 Å². The Morgan fingerprint density at radius 2 is 2.05 bits per heavy atom. The minimum Gasteiger partial charge on any atom is -0.394 e. The van der Waals surface area contributed by atoms with E-state index in [1.807, 2.05) is 16.8 Å². The highest BCUT2D eigenvalue weighted by Gasteiger charge is 2.44. The van der Waals surface area contributed by atoms with Crippen molar-refractivity contribution in [3.8, 4) is 0 Å². The predicted octanol–water partition coefficient (Wildman–Crippen LogP) is -0.374. The Kier molecular flexibility index (Phi) is 4.91. The normalized spacial score (nSPS) is 37.2. The molecule has 19 heavy (non-hydrogen) atoms. The summed E-state index contributed by atoms with van der Waals surface area (Å²) in [5.74, 6) is 0. The molecule has 2 rings (SSSR count). The third kappa shape index (κ3) is 3.14. The van der Waals surface area contributed by atoms with Gasteiger partial charge in [-0.25, -0.2) is 0 Å². The van der Waals surface area contributed by atoms with Crippen molar-refractivity contribution < 1.29 is 29.9 Å². The smallest absolute Gasteiger partial charge is 0.187 e. The van der Waals surface area contributed by atoms with Crippen molar-refractivity contribution in [1.82, 2.24) is 0 Å². The first kappa shape index (κ1) is 14.9. The molecule has 0 aliphatic carbocycles. The molecule has 4 N–H and O–H groups in total. The molecular formula is C12H18O6S. The Bertz CT molecular complexity index is 382. The Labute approximate surface area is 114 Å². The van der Waals surface area contributed by atoms with E-state index < -0.39 is 37.3 Å². The molecule has 1 aromatic rings. The number of aliphatic hydroxyl groups is 4. The molecule has 7 heteroatoms. The largest absolute Gasteiger partial charge is 0.394 e. The molecule has 0 aromatic carbocycles. The SMILES string of the molecule is CC(O[C@H]1O[C@H](CO)[C@@H](O)[C@H](O)[C@H]1O)c1ccsc1. The molecule has 1 aliphatic heterocycles. The lowest BCUT2D eigenvalue weighted by atomic mass is 9.99. The van der Waals surface area contributed by atoms with Crippen LogP contribution in [0.1, 0.15) is 18.6 Å². The molecule has 6 nitrogen and oxygen atoms in total. The van der Waals surface area contributed by atoms with Gasteiger partial charge in [-0.05, 0) is 29.3 Å². The van der Waals surface area contributed by atoms with E-state index in [2.05, 4.69) is 0 Å². The van der Waals surface area contributed by atoms with Crippen LogP contribution in [0.5, 0.6) is 0 Å². The molecule has 1 aliphatic rings. The average Bonchev–Trinajstić information content (AvgIpc) is 2.93. The summed E-state index contributed by atoms with van der Waals surface area (Å²) in [5, 5.41) is 42.0. The van der Waals surface area contributed by atoms with Crippen molar-refractivity contribution in [2.45, 2.75) is 43.7 Å². The highest BCUT2D eigenvalue weighted by Crippen LogP contribution is 2.27. The van der Waals surface area contributed by atoms with Crippen LogP contribution in [0.25, 0.3) is 0 Å². The second-order valence-electron chi connectivity index (χ2n) is 4.53. The van der Waals surface area contributed by atoms with Crippen LogP contribution < -0.4 is 0 Å². The lowest BCUT2D eigenvalue weighted by molar-refractivity contribution is -0.311. The van der Waals surface area contributed by atoms with Gasteiger partial charge in [0.25, 0.3) is 0 Å². The van der Waals surface area contributed by atoms with Gasteiger partial charge in [0.05, 0.1) is 12.7 Å². The van der Waals surface area contributed by atoms with Crippen LogP contribution in [0, 0.1) is 0 Å². The zero-order valence-electron chi connectivity index (χ0n) is 10.4. The molecule has 0 amide bonds. The highest BCUT2D eigenvalue weighted by molar-refractivity contribution is 7.07. The molecule has 108 valence electrons. The third-order valence-corrected chi connectivity index (χ3v) is 3.90. The highest BCUT2D eigenvalue weighted by atomic mass is 32.1. The van der Waals surface area contributed by atoms with E-state index in [0.717, 1.165) is 5.56 Å². The second-order valence-corrected chi connectivity index (χ2v) is 5.31. The Balaban J connectivity index is 2.02. The third-order valence-electron chi connectivity index (χ3n) is 3.20. The topological polar surface area (TPSA) is 99.4 Å². The number of hydrogen-bond acceptors (Lipinski definition) is 7. The molecule has 0 saturated carbocycles. The molecule has 1 aromatic heterocycles. The number of aliphatic hydroxyl groups excluding tert-OH is 4. The molecule has 0 spiro atoms. The maximum atomic E-state index is 9.83. The van der Waals surface area contributed by atoms with Crippen LogP contribution >= 0.6 is 11.3 Å². The molecule has 0 bridgehead atoms. The number of rotatable bonds is 4. The summed E-state index contributed by atoms with van der Waals surface area (Å²) in [5.41, 5.74) is 0.932. The van der Waals surface area contributed by atoms with Crippen molar-refractivity contribution in [3.05, 3.63) is 22.4 Å². The first-order valence-electron chi connectivity index (χ1n) is 6.02. The van der Waals surface area contributed by atoms with Gasteiger partial charge in [-0.2, -0.15) is 11.3 Å². The van der Waals surface area contributed by atoms with Crippen LogP contribution in [0.15, 0.2) is 16.8 Å². The van der Waals surface area contributed by atoms with E-state index in [-0.39, 0.29) is 6.10 Å². The zero-order chi connectivity index (χ0) is 14.0. The summed E-state index contributed by atoms with van der Waals surface area (Å²) in [6, 6.07) is 1.89. The van der Waals surface area contributed by atoms with Gasteiger partial charge < -0.3 is 29.9 Å². The Morgan fingerprint density at radius 1 is 1.32 bits per heavy atom. The molecule has 1 saturated heterocycles. The van der Waals surface area contributed by atoms with E-state index in [1.165, 1.54) is 11.3 Å². The van der Waals surface area contributed by atoms with Crippen LogP contribution in [0.3, 0.4) is 0 Å². The standard InChI is InChI=1S/C12H18O6S/c1-6(7-2-3-19-5-7)17-12-11(16)10(15)9(14)8(4-13)18-12/h2-3,5-6,8-16H,4H2,1H3/t6?,8-,9-,10+,11-,12+/m1/s1. The van der Waals surface area contributed by atoms with Gasteiger partial charge in [0, 0.05) is 0 Å². The lowest BCUT2D eigenvalue weighted by Gasteiger charge is -2.40. The minimum atomic E-state index is -1.41. The summed E-state index contributed by atoms with van der Waals surface area (Å²) < 4.78 is 10.8. The van der Waals surface area contributed by atoms with Crippen molar-refractivity contribution in [2.75, 3.05) is 6.61 Å².